The average molecular weight is 318 g/mol. The second kappa shape index (κ2) is 9.11. The van der Waals surface area contributed by atoms with E-state index in [4.69, 9.17) is 11.0 Å². The van der Waals surface area contributed by atoms with E-state index in [-0.39, 0.29) is 23.1 Å². The normalized spacial score (nSPS) is 11.8. The van der Waals surface area contributed by atoms with Gasteiger partial charge in [-0.15, -0.1) is 0 Å². The highest BCUT2D eigenvalue weighted by molar-refractivity contribution is 5.76. The first kappa shape index (κ1) is 18.9. The molecule has 0 aliphatic rings. The van der Waals surface area contributed by atoms with E-state index in [0.29, 0.717) is 30.6 Å². The van der Waals surface area contributed by atoms with Crippen molar-refractivity contribution < 1.29 is 4.79 Å². The molecule has 0 saturated carbocycles. The van der Waals surface area contributed by atoms with E-state index in [1.807, 2.05) is 6.07 Å². The summed E-state index contributed by atoms with van der Waals surface area (Å²) >= 11 is 0. The van der Waals surface area contributed by atoms with Gasteiger partial charge in [-0.1, -0.05) is 19.8 Å². The fraction of sp³-hybridized carbons (Fsp3) is 0.588. The lowest BCUT2D eigenvalue weighted by molar-refractivity contribution is -0.121. The molecular weight excluding hydrogens is 292 g/mol. The number of hydrogen-bond acceptors (Lipinski definition) is 4. The molecule has 0 aromatic carbocycles. The van der Waals surface area contributed by atoms with Crippen molar-refractivity contribution in [2.45, 2.75) is 58.9 Å². The van der Waals surface area contributed by atoms with Gasteiger partial charge in [0.2, 0.25) is 5.91 Å². The summed E-state index contributed by atoms with van der Waals surface area (Å²) in [6.07, 6.45) is 3.78. The minimum atomic E-state index is -0.376. The third-order valence-electron chi connectivity index (χ3n) is 4.08. The molecule has 0 radical (unpaired) electrons. The van der Waals surface area contributed by atoms with Crippen LogP contribution in [0.4, 0.5) is 0 Å². The number of unbranched alkanes of at least 4 members (excludes halogenated alkanes) is 1. The lowest BCUT2D eigenvalue weighted by Crippen LogP contribution is -2.40. The summed E-state index contributed by atoms with van der Waals surface area (Å²) in [5.41, 5.74) is 7.64. The van der Waals surface area contributed by atoms with E-state index in [9.17, 15) is 9.59 Å². The summed E-state index contributed by atoms with van der Waals surface area (Å²) < 4.78 is 0. The number of H-pyrrole nitrogens is 1. The van der Waals surface area contributed by atoms with Crippen LogP contribution in [0.2, 0.25) is 0 Å². The minimum Gasteiger partial charge on any atom is -0.352 e. The fourth-order valence-corrected chi connectivity index (χ4v) is 2.66. The molecule has 126 valence electrons. The molecule has 1 heterocycles. The molecule has 4 N–H and O–H groups in total. The molecular formula is C17H26N4O2. The Morgan fingerprint density at radius 1 is 1.43 bits per heavy atom. The summed E-state index contributed by atoms with van der Waals surface area (Å²) in [7, 11) is 0. The quantitative estimate of drug-likeness (QED) is 0.673. The predicted molar refractivity (Wildman–Crippen MR) is 90.1 cm³/mol. The topological polar surface area (TPSA) is 112 Å². The summed E-state index contributed by atoms with van der Waals surface area (Å²) in [5, 5.41) is 12.0. The van der Waals surface area contributed by atoms with Crippen molar-refractivity contribution in [3.63, 3.8) is 0 Å². The molecule has 1 aromatic rings. The second-order valence-corrected chi connectivity index (χ2v) is 5.81. The zero-order valence-electron chi connectivity index (χ0n) is 14.2. The van der Waals surface area contributed by atoms with Crippen molar-refractivity contribution in [2.24, 2.45) is 5.73 Å². The zero-order chi connectivity index (χ0) is 17.4. The number of carbonyl (C=O) groups is 1. The van der Waals surface area contributed by atoms with Crippen molar-refractivity contribution in [3.8, 4) is 6.07 Å². The molecule has 1 unspecified atom stereocenters. The van der Waals surface area contributed by atoms with Crippen LogP contribution in [0.15, 0.2) is 4.79 Å². The maximum absolute atomic E-state index is 12.1. The van der Waals surface area contributed by atoms with Gasteiger partial charge in [0.05, 0.1) is 0 Å². The Hall–Kier alpha value is -2.13. The third-order valence-corrected chi connectivity index (χ3v) is 4.08. The Morgan fingerprint density at radius 2 is 2.13 bits per heavy atom. The highest BCUT2D eigenvalue weighted by Gasteiger charge is 2.15. The Labute approximate surface area is 137 Å². The van der Waals surface area contributed by atoms with Gasteiger partial charge < -0.3 is 16.0 Å². The highest BCUT2D eigenvalue weighted by Crippen LogP contribution is 2.15. The first-order valence-corrected chi connectivity index (χ1v) is 8.06. The van der Waals surface area contributed by atoms with Crippen molar-refractivity contribution >= 4 is 5.91 Å². The van der Waals surface area contributed by atoms with E-state index >= 15 is 0 Å². The Kier molecular flexibility index (Phi) is 7.49. The van der Waals surface area contributed by atoms with Gasteiger partial charge in [0.1, 0.15) is 11.6 Å². The van der Waals surface area contributed by atoms with E-state index in [2.05, 4.69) is 17.2 Å². The van der Waals surface area contributed by atoms with Crippen LogP contribution < -0.4 is 16.6 Å². The molecule has 0 aliphatic carbocycles. The van der Waals surface area contributed by atoms with E-state index in [0.717, 1.165) is 24.8 Å². The number of hydrogen-bond donors (Lipinski definition) is 3. The van der Waals surface area contributed by atoms with Crippen LogP contribution in [0, 0.1) is 25.2 Å². The van der Waals surface area contributed by atoms with Crippen LogP contribution >= 0.6 is 0 Å². The van der Waals surface area contributed by atoms with Gasteiger partial charge in [0, 0.05) is 24.7 Å². The summed E-state index contributed by atoms with van der Waals surface area (Å²) in [6, 6.07) is 1.93. The summed E-state index contributed by atoms with van der Waals surface area (Å²) in [4.78, 5) is 26.5. The first-order valence-electron chi connectivity index (χ1n) is 8.06. The number of aromatic nitrogens is 1. The largest absolute Gasteiger partial charge is 0.352 e. The van der Waals surface area contributed by atoms with E-state index in [1.165, 1.54) is 0 Å². The number of nitrogens with zero attached hydrogens (tertiary/aromatic N) is 1. The molecule has 0 bridgehead atoms. The smallest absolute Gasteiger partial charge is 0.266 e. The van der Waals surface area contributed by atoms with E-state index < -0.39 is 0 Å². The maximum Gasteiger partial charge on any atom is 0.266 e. The number of aromatic amines is 1. The SMILES string of the molecule is CCCCC(CN)NC(=O)CCc1c(C)[nH]c(=O)c(C#N)c1C. The molecule has 23 heavy (non-hydrogen) atoms. The maximum atomic E-state index is 12.1. The molecule has 0 aliphatic heterocycles. The number of amides is 1. The van der Waals surface area contributed by atoms with Crippen molar-refractivity contribution in [3.05, 3.63) is 32.7 Å². The van der Waals surface area contributed by atoms with Crippen LogP contribution in [0.1, 0.15) is 55.0 Å². The molecule has 0 spiro atoms. The molecule has 6 nitrogen and oxygen atoms in total. The Morgan fingerprint density at radius 3 is 2.70 bits per heavy atom. The molecule has 1 aromatic heterocycles. The number of nitrogens with two attached hydrogens (primary N) is 1. The van der Waals surface area contributed by atoms with Crippen molar-refractivity contribution in [1.82, 2.24) is 10.3 Å². The third kappa shape index (κ3) is 5.22. The molecule has 0 saturated heterocycles. The van der Waals surface area contributed by atoms with Crippen LogP contribution in [-0.2, 0) is 11.2 Å². The number of nitrogens with one attached hydrogen (secondary N) is 2. The van der Waals surface area contributed by atoms with Crippen molar-refractivity contribution in [1.29, 1.82) is 5.26 Å². The average Bonchev–Trinajstić information content (AvgIpc) is 2.51. The van der Waals surface area contributed by atoms with Gasteiger partial charge >= 0.3 is 0 Å². The van der Waals surface area contributed by atoms with Crippen LogP contribution in [0.5, 0.6) is 0 Å². The Bertz CT molecular complexity index is 643. The number of nitriles is 1. The van der Waals surface area contributed by atoms with Gasteiger partial charge in [0.25, 0.3) is 5.56 Å². The lowest BCUT2D eigenvalue weighted by atomic mass is 9.99. The summed E-state index contributed by atoms with van der Waals surface area (Å²) in [5.74, 6) is -0.0555. The van der Waals surface area contributed by atoms with Gasteiger partial charge in [-0.2, -0.15) is 5.26 Å². The zero-order valence-corrected chi connectivity index (χ0v) is 14.2. The molecule has 1 rings (SSSR count). The number of aryl methyl sites for hydroxylation is 1. The van der Waals surface area contributed by atoms with Crippen molar-refractivity contribution in [2.75, 3.05) is 6.54 Å². The van der Waals surface area contributed by atoms with Crippen LogP contribution in [-0.4, -0.2) is 23.5 Å². The fourth-order valence-electron chi connectivity index (χ4n) is 2.66. The second-order valence-electron chi connectivity index (χ2n) is 5.81. The van der Waals surface area contributed by atoms with Crippen LogP contribution in [0.3, 0.4) is 0 Å². The van der Waals surface area contributed by atoms with Gasteiger partial charge in [-0.05, 0) is 37.8 Å². The monoisotopic (exact) mass is 318 g/mol. The molecule has 0 fully saturated rings. The number of rotatable bonds is 8. The standard InChI is InChI=1S/C17H26N4O2/c1-4-5-6-13(9-18)21-16(22)8-7-14-11(2)15(10-19)17(23)20-12(14)3/h13H,4-9,18H2,1-3H3,(H,20,23)(H,21,22). The number of pyridine rings is 1. The molecule has 1 amide bonds. The Balaban J connectivity index is 2.73. The van der Waals surface area contributed by atoms with E-state index in [1.54, 1.807) is 13.8 Å². The van der Waals surface area contributed by atoms with Crippen LogP contribution in [0.25, 0.3) is 0 Å². The molecule has 1 atom stereocenters. The number of carbonyl (C=O) groups excluding carboxylic acids is 1. The van der Waals surface area contributed by atoms with Gasteiger partial charge in [0.15, 0.2) is 0 Å². The van der Waals surface area contributed by atoms with Gasteiger partial charge in [-0.25, -0.2) is 0 Å². The first-order chi connectivity index (χ1) is 10.9. The minimum absolute atomic E-state index is 0.00916. The van der Waals surface area contributed by atoms with Gasteiger partial charge in [-0.3, -0.25) is 9.59 Å². The predicted octanol–water partition coefficient (Wildman–Crippen LogP) is 1.43. The highest BCUT2D eigenvalue weighted by atomic mass is 16.1. The summed E-state index contributed by atoms with van der Waals surface area (Å²) in [6.45, 7) is 6.07. The lowest BCUT2D eigenvalue weighted by Gasteiger charge is -2.17. The molecule has 6 heteroatoms.